The molecule has 2 fully saturated rings. The average Bonchev–Trinajstić information content (AvgIpc) is 2.42. The van der Waals surface area contributed by atoms with Crippen molar-refractivity contribution < 1.29 is 10.2 Å². The molecule has 2 heteroatoms. The molecule has 0 saturated heterocycles. The van der Waals surface area contributed by atoms with Crippen molar-refractivity contribution in [2.45, 2.75) is 96.2 Å². The molecule has 2 rings (SSSR count). The van der Waals surface area contributed by atoms with Crippen LogP contribution in [0.5, 0.6) is 0 Å². The molecule has 2 aliphatic rings. The molecule has 2 N–H and O–H groups in total. The van der Waals surface area contributed by atoms with E-state index in [1.807, 2.05) is 0 Å². The molecule has 20 heavy (non-hydrogen) atoms. The Morgan fingerprint density at radius 2 is 1.00 bits per heavy atom. The van der Waals surface area contributed by atoms with Gasteiger partial charge in [-0.3, -0.25) is 0 Å². The van der Waals surface area contributed by atoms with Gasteiger partial charge in [0.25, 0.3) is 0 Å². The average molecular weight is 282 g/mol. The van der Waals surface area contributed by atoms with Crippen molar-refractivity contribution in [1.82, 2.24) is 0 Å². The van der Waals surface area contributed by atoms with Gasteiger partial charge < -0.3 is 10.2 Å². The van der Waals surface area contributed by atoms with Crippen LogP contribution >= 0.6 is 0 Å². The van der Waals surface area contributed by atoms with Crippen molar-refractivity contribution in [3.05, 3.63) is 0 Å². The summed E-state index contributed by atoms with van der Waals surface area (Å²) in [4.78, 5) is 0. The molecule has 2 saturated carbocycles. The third-order valence-electron chi connectivity index (χ3n) is 5.73. The minimum absolute atomic E-state index is 0.0846. The summed E-state index contributed by atoms with van der Waals surface area (Å²) in [5.41, 5.74) is 0. The van der Waals surface area contributed by atoms with Crippen LogP contribution in [0.4, 0.5) is 0 Å². The lowest BCUT2D eigenvalue weighted by Gasteiger charge is -2.33. The maximum atomic E-state index is 10.8. The molecule has 0 aliphatic heterocycles. The van der Waals surface area contributed by atoms with E-state index in [9.17, 15) is 10.2 Å². The summed E-state index contributed by atoms with van der Waals surface area (Å²) in [7, 11) is 0. The second-order valence-corrected chi connectivity index (χ2v) is 7.49. The third-order valence-corrected chi connectivity index (χ3v) is 5.73. The molecular formula is C18H34O2. The molecule has 0 radical (unpaired) electrons. The molecule has 2 atom stereocenters. The zero-order valence-corrected chi connectivity index (χ0v) is 13.3. The molecular weight excluding hydrogens is 248 g/mol. The molecule has 0 heterocycles. The van der Waals surface area contributed by atoms with Crippen molar-refractivity contribution >= 4 is 0 Å². The van der Waals surface area contributed by atoms with Crippen LogP contribution < -0.4 is 0 Å². The lowest BCUT2D eigenvalue weighted by atomic mass is 9.76. The van der Waals surface area contributed by atoms with Gasteiger partial charge in [0.1, 0.15) is 0 Å². The van der Waals surface area contributed by atoms with E-state index in [-0.39, 0.29) is 12.2 Å². The van der Waals surface area contributed by atoms with Gasteiger partial charge in [0.05, 0.1) is 12.2 Å². The zero-order chi connectivity index (χ0) is 14.4. The standard InChI is InChI=1S/C18H34O2/c1-14-6-2-8-15-10-4-12-17(19)13-5-11-16(18(15)20)9-3-7-14/h14-20H,2-13H2,1H3. The number of rotatable bonds is 0. The SMILES string of the molecule is CC1CCCC2CCCC(O)CCCC(CCC1)C2O. The highest BCUT2D eigenvalue weighted by Crippen LogP contribution is 2.34. The summed E-state index contributed by atoms with van der Waals surface area (Å²) in [6.07, 6.45) is 13.7. The number of aliphatic hydroxyl groups excluding tert-OH is 2. The number of hydrogen-bond acceptors (Lipinski definition) is 2. The summed E-state index contributed by atoms with van der Waals surface area (Å²) in [6, 6.07) is 0. The minimum atomic E-state index is -0.0977. The van der Waals surface area contributed by atoms with Gasteiger partial charge in [-0.2, -0.15) is 0 Å². The van der Waals surface area contributed by atoms with Crippen LogP contribution in [0.3, 0.4) is 0 Å². The lowest BCUT2D eigenvalue weighted by Crippen LogP contribution is -2.31. The van der Waals surface area contributed by atoms with Crippen molar-refractivity contribution in [3.63, 3.8) is 0 Å². The van der Waals surface area contributed by atoms with E-state index < -0.39 is 0 Å². The smallest absolute Gasteiger partial charge is 0.0596 e. The fourth-order valence-corrected chi connectivity index (χ4v) is 4.33. The minimum Gasteiger partial charge on any atom is -0.393 e. The fourth-order valence-electron chi connectivity index (χ4n) is 4.33. The first-order valence-corrected chi connectivity index (χ1v) is 9.03. The molecule has 0 spiro atoms. The maximum Gasteiger partial charge on any atom is 0.0596 e. The van der Waals surface area contributed by atoms with Crippen molar-refractivity contribution in [3.8, 4) is 0 Å². The topological polar surface area (TPSA) is 40.5 Å². The van der Waals surface area contributed by atoms with Gasteiger partial charge in [-0.05, 0) is 56.3 Å². The lowest BCUT2D eigenvalue weighted by molar-refractivity contribution is 0.0192. The van der Waals surface area contributed by atoms with Crippen molar-refractivity contribution in [2.75, 3.05) is 0 Å². The first kappa shape index (κ1) is 16.3. The monoisotopic (exact) mass is 282 g/mol. The molecule has 0 aromatic rings. The van der Waals surface area contributed by atoms with E-state index in [0.717, 1.165) is 44.4 Å². The summed E-state index contributed by atoms with van der Waals surface area (Å²) in [6.45, 7) is 2.39. The van der Waals surface area contributed by atoms with Crippen LogP contribution in [0.1, 0.15) is 84.0 Å². The summed E-state index contributed by atoms with van der Waals surface area (Å²) >= 11 is 0. The first-order chi connectivity index (χ1) is 9.66. The molecule has 2 nitrogen and oxygen atoms in total. The van der Waals surface area contributed by atoms with Gasteiger partial charge in [0, 0.05) is 0 Å². The fraction of sp³-hybridized carbons (Fsp3) is 1.00. The highest BCUT2D eigenvalue weighted by Gasteiger charge is 2.29. The predicted molar refractivity (Wildman–Crippen MR) is 83.6 cm³/mol. The summed E-state index contributed by atoms with van der Waals surface area (Å²) < 4.78 is 0. The Morgan fingerprint density at radius 3 is 1.45 bits per heavy atom. The molecule has 2 bridgehead atoms. The van der Waals surface area contributed by atoms with Gasteiger partial charge in [-0.15, -0.1) is 0 Å². The second-order valence-electron chi connectivity index (χ2n) is 7.49. The first-order valence-electron chi connectivity index (χ1n) is 9.03. The van der Waals surface area contributed by atoms with Crippen LogP contribution in [-0.2, 0) is 0 Å². The number of hydrogen-bond donors (Lipinski definition) is 2. The van der Waals surface area contributed by atoms with Gasteiger partial charge in [0.15, 0.2) is 0 Å². The van der Waals surface area contributed by atoms with E-state index >= 15 is 0 Å². The van der Waals surface area contributed by atoms with Gasteiger partial charge in [-0.1, -0.05) is 45.4 Å². The molecule has 2 unspecified atom stereocenters. The predicted octanol–water partition coefficient (Wildman–Crippen LogP) is 4.29. The molecule has 0 aromatic heterocycles. The van der Waals surface area contributed by atoms with Crippen molar-refractivity contribution in [1.29, 1.82) is 0 Å². The Kier molecular flexibility index (Phi) is 6.83. The Morgan fingerprint density at radius 1 is 0.600 bits per heavy atom. The van der Waals surface area contributed by atoms with Gasteiger partial charge in [-0.25, -0.2) is 0 Å². The number of aliphatic hydroxyl groups is 2. The van der Waals surface area contributed by atoms with Gasteiger partial charge in [0.2, 0.25) is 0 Å². The third kappa shape index (κ3) is 5.04. The van der Waals surface area contributed by atoms with Gasteiger partial charge >= 0.3 is 0 Å². The summed E-state index contributed by atoms with van der Waals surface area (Å²) in [5, 5.41) is 20.8. The molecule has 0 amide bonds. The quantitative estimate of drug-likeness (QED) is 0.696. The van der Waals surface area contributed by atoms with Crippen LogP contribution in [0, 0.1) is 17.8 Å². The highest BCUT2D eigenvalue weighted by molar-refractivity contribution is 4.80. The van der Waals surface area contributed by atoms with Crippen LogP contribution in [0.2, 0.25) is 0 Å². The van der Waals surface area contributed by atoms with E-state index in [4.69, 9.17) is 0 Å². The molecule has 0 aromatic carbocycles. The largest absolute Gasteiger partial charge is 0.393 e. The highest BCUT2D eigenvalue weighted by atomic mass is 16.3. The molecule has 118 valence electrons. The van der Waals surface area contributed by atoms with E-state index in [1.54, 1.807) is 0 Å². The van der Waals surface area contributed by atoms with Crippen molar-refractivity contribution in [2.24, 2.45) is 17.8 Å². The van der Waals surface area contributed by atoms with Crippen LogP contribution in [0.25, 0.3) is 0 Å². The van der Waals surface area contributed by atoms with E-state index in [2.05, 4.69) is 6.92 Å². The zero-order valence-electron chi connectivity index (χ0n) is 13.3. The van der Waals surface area contributed by atoms with E-state index in [1.165, 1.54) is 38.5 Å². The van der Waals surface area contributed by atoms with Crippen LogP contribution in [-0.4, -0.2) is 22.4 Å². The Balaban J connectivity index is 2.01. The van der Waals surface area contributed by atoms with E-state index in [0.29, 0.717) is 11.8 Å². The van der Waals surface area contributed by atoms with Crippen LogP contribution in [0.15, 0.2) is 0 Å². The molecule has 2 aliphatic carbocycles. The maximum absolute atomic E-state index is 10.8. The Labute approximate surface area is 125 Å². The summed E-state index contributed by atoms with van der Waals surface area (Å²) in [5.74, 6) is 1.83. The Hall–Kier alpha value is -0.0800. The second kappa shape index (κ2) is 8.38. The normalized spacial score (nSPS) is 41.9. The Bertz CT molecular complexity index is 220. The number of fused-ring (bicyclic) bond motifs is 2.